The zero-order valence-corrected chi connectivity index (χ0v) is 29.2. The summed E-state index contributed by atoms with van der Waals surface area (Å²) in [4.78, 5) is 0. The van der Waals surface area contributed by atoms with Gasteiger partial charge in [-0.15, -0.1) is 68.1 Å². The van der Waals surface area contributed by atoms with Crippen LogP contribution in [-0.4, -0.2) is 0 Å². The first kappa shape index (κ1) is 36.1. The van der Waals surface area contributed by atoms with E-state index in [0.29, 0.717) is 11.8 Å². The van der Waals surface area contributed by atoms with Crippen LogP contribution < -0.4 is 0 Å². The van der Waals surface area contributed by atoms with Crippen LogP contribution in [0.5, 0.6) is 0 Å². The van der Waals surface area contributed by atoms with Crippen molar-refractivity contribution in [1.29, 1.82) is 0 Å². The van der Waals surface area contributed by atoms with Crippen LogP contribution in [-0.2, 0) is 20.8 Å². The molecule has 0 atom stereocenters. The van der Waals surface area contributed by atoms with Gasteiger partial charge in [-0.05, 0) is 11.8 Å². The van der Waals surface area contributed by atoms with Gasteiger partial charge in [0.2, 0.25) is 0 Å². The molecule has 0 nitrogen and oxygen atoms in total. The second-order valence-electron chi connectivity index (χ2n) is 10.2. The number of fused-ring (bicyclic) bond motifs is 2. The Labute approximate surface area is 247 Å². The van der Waals surface area contributed by atoms with E-state index in [2.05, 4.69) is 104 Å². The first-order valence-corrected chi connectivity index (χ1v) is 19.5. The summed E-state index contributed by atoms with van der Waals surface area (Å²) in [5, 5.41) is 5.73. The fourth-order valence-corrected chi connectivity index (χ4v) is 4.23. The predicted molar refractivity (Wildman–Crippen MR) is 169 cm³/mol. The van der Waals surface area contributed by atoms with Gasteiger partial charge in [-0.3, -0.25) is 0 Å². The van der Waals surface area contributed by atoms with Crippen molar-refractivity contribution in [3.05, 3.63) is 94.8 Å². The third kappa shape index (κ3) is 11.8. The zero-order valence-electron chi connectivity index (χ0n) is 25.2. The van der Waals surface area contributed by atoms with Gasteiger partial charge >= 0.3 is 37.9 Å². The SMILES string of the molecule is C[CH-]C.C[CH-]C.Cc1cc2c(C(C)C)ccc(C)c2[cH-]1.Cc1cc2c(C(C)C)ccc(C)c2[cH-]1.[Cl][Zr][Cl]. The molecule has 0 saturated carbocycles. The molecule has 0 radical (unpaired) electrons. The number of halogens is 2. The van der Waals surface area contributed by atoms with Gasteiger partial charge in [0.25, 0.3) is 0 Å². The van der Waals surface area contributed by atoms with E-state index in [4.69, 9.17) is 17.0 Å². The van der Waals surface area contributed by atoms with E-state index >= 15 is 0 Å². The summed E-state index contributed by atoms with van der Waals surface area (Å²) in [6, 6.07) is 18.2. The average molecular weight is 619 g/mol. The Morgan fingerprint density at radius 2 is 0.892 bits per heavy atom. The Hall–Kier alpha value is -0.877. The Bertz CT molecular complexity index is 1070. The van der Waals surface area contributed by atoms with Gasteiger partial charge in [-0.2, -0.15) is 39.8 Å². The van der Waals surface area contributed by atoms with Crippen LogP contribution in [0.2, 0.25) is 0 Å². The molecule has 0 aliphatic carbocycles. The van der Waals surface area contributed by atoms with Crippen LogP contribution >= 0.6 is 17.0 Å². The van der Waals surface area contributed by atoms with Gasteiger partial charge in [-0.25, -0.2) is 0 Å². The van der Waals surface area contributed by atoms with E-state index in [1.807, 2.05) is 40.5 Å². The molecule has 0 bridgehead atoms. The molecular weight excluding hydrogens is 571 g/mol. The van der Waals surface area contributed by atoms with Crippen LogP contribution in [0, 0.1) is 40.5 Å². The van der Waals surface area contributed by atoms with Crippen LogP contribution in [0.3, 0.4) is 0 Å². The molecule has 4 aromatic carbocycles. The summed E-state index contributed by atoms with van der Waals surface area (Å²) in [5.74, 6) is 1.22. The molecule has 37 heavy (non-hydrogen) atoms. The molecule has 0 N–H and O–H groups in total. The Kier molecular flexibility index (Phi) is 18.8. The minimum absolute atomic E-state index is 0.611. The molecule has 0 aliphatic rings. The number of benzene rings is 2. The van der Waals surface area contributed by atoms with E-state index < -0.39 is 20.8 Å². The Morgan fingerprint density at radius 1 is 0.622 bits per heavy atom. The van der Waals surface area contributed by atoms with Crippen molar-refractivity contribution in [1.82, 2.24) is 0 Å². The third-order valence-electron chi connectivity index (χ3n) is 5.81. The summed E-state index contributed by atoms with van der Waals surface area (Å²) in [5.41, 5.74) is 8.46. The normalized spacial score (nSPS) is 10.1. The van der Waals surface area contributed by atoms with Crippen molar-refractivity contribution in [2.24, 2.45) is 0 Å². The summed E-state index contributed by atoms with van der Waals surface area (Å²) in [7, 11) is 9.87. The van der Waals surface area contributed by atoms with Crippen LogP contribution in [0.25, 0.3) is 21.5 Å². The molecule has 4 aromatic rings. The number of rotatable bonds is 2. The van der Waals surface area contributed by atoms with Crippen molar-refractivity contribution < 1.29 is 20.8 Å². The van der Waals surface area contributed by atoms with Crippen LogP contribution in [0.4, 0.5) is 0 Å². The third-order valence-corrected chi connectivity index (χ3v) is 5.81. The first-order valence-electron chi connectivity index (χ1n) is 13.2. The maximum atomic E-state index is 4.93. The van der Waals surface area contributed by atoms with Crippen molar-refractivity contribution in [2.75, 3.05) is 0 Å². The maximum absolute atomic E-state index is 4.93. The topological polar surface area (TPSA) is 0 Å². The number of hydrogen-bond donors (Lipinski definition) is 0. The summed E-state index contributed by atoms with van der Waals surface area (Å²) in [6.45, 7) is 25.7. The van der Waals surface area contributed by atoms with Gasteiger partial charge in [0.05, 0.1) is 0 Å². The molecule has 3 heteroatoms. The van der Waals surface area contributed by atoms with Crippen LogP contribution in [0.1, 0.15) is 101 Å². The molecule has 0 amide bonds. The molecule has 0 fully saturated rings. The van der Waals surface area contributed by atoms with Crippen molar-refractivity contribution >= 4 is 38.6 Å². The van der Waals surface area contributed by atoms with Gasteiger partial charge < -0.3 is 12.8 Å². The van der Waals surface area contributed by atoms with E-state index in [1.54, 1.807) is 0 Å². The van der Waals surface area contributed by atoms with Crippen LogP contribution in [0.15, 0.2) is 48.5 Å². The van der Waals surface area contributed by atoms with Gasteiger partial charge in [0, 0.05) is 0 Å². The van der Waals surface area contributed by atoms with E-state index in [-0.39, 0.29) is 0 Å². The first-order chi connectivity index (χ1) is 17.4. The molecule has 4 rings (SSSR count). The molecule has 0 unspecified atom stereocenters. The average Bonchev–Trinajstić information content (AvgIpc) is 3.39. The van der Waals surface area contributed by atoms with Gasteiger partial charge in [0.1, 0.15) is 0 Å². The standard InChI is InChI=1S/2C14H17.2C3H7.2ClH.Zr/c2*1-9(2)12-6-5-11(4)13-7-10(3)8-14(12)13;2*1-3-2;;;/h2*5-9H,1-4H3;2*3H,1-2H3;2*1H;/q4*-1;;;+2/p-2. The summed E-state index contributed by atoms with van der Waals surface area (Å²) >= 11 is -0.826. The fourth-order valence-electron chi connectivity index (χ4n) is 4.23. The fraction of sp³-hybridized carbons (Fsp3) is 0.412. The predicted octanol–water partition coefficient (Wildman–Crippen LogP) is 12.4. The minimum atomic E-state index is -0.826. The Morgan fingerprint density at radius 3 is 1.14 bits per heavy atom. The molecule has 0 aliphatic heterocycles. The molecule has 0 aromatic heterocycles. The van der Waals surface area contributed by atoms with Crippen molar-refractivity contribution in [3.8, 4) is 0 Å². The van der Waals surface area contributed by atoms with E-state index in [0.717, 1.165) is 0 Å². The van der Waals surface area contributed by atoms with Crippen molar-refractivity contribution in [3.63, 3.8) is 0 Å². The molecular formula is C34H48Cl2Zr-4. The summed E-state index contributed by atoms with van der Waals surface area (Å²) in [6.07, 6.45) is 4.00. The molecule has 206 valence electrons. The molecule has 0 spiro atoms. The van der Waals surface area contributed by atoms with Gasteiger partial charge in [0.15, 0.2) is 0 Å². The quantitative estimate of drug-likeness (QED) is 0.196. The number of aryl methyl sites for hydroxylation is 4. The molecule has 0 saturated heterocycles. The van der Waals surface area contributed by atoms with E-state index in [9.17, 15) is 0 Å². The second kappa shape index (κ2) is 19.2. The summed E-state index contributed by atoms with van der Waals surface area (Å²) < 4.78 is 0. The number of hydrogen-bond acceptors (Lipinski definition) is 0. The Balaban J connectivity index is 0.000000533. The molecule has 0 heterocycles. The zero-order chi connectivity index (χ0) is 28.7. The second-order valence-corrected chi connectivity index (χ2v) is 13.9. The van der Waals surface area contributed by atoms with Gasteiger partial charge in [-0.1, -0.05) is 78.6 Å². The van der Waals surface area contributed by atoms with Crippen molar-refractivity contribution in [2.45, 2.75) is 94.9 Å². The monoisotopic (exact) mass is 616 g/mol. The van der Waals surface area contributed by atoms with E-state index in [1.165, 1.54) is 54.9 Å².